The molecule has 1 heterocycles. The van der Waals surface area contributed by atoms with E-state index in [2.05, 4.69) is 4.72 Å². The van der Waals surface area contributed by atoms with Gasteiger partial charge in [0.25, 0.3) is 0 Å². The van der Waals surface area contributed by atoms with E-state index >= 15 is 0 Å². The van der Waals surface area contributed by atoms with Gasteiger partial charge < -0.3 is 4.74 Å². The summed E-state index contributed by atoms with van der Waals surface area (Å²) in [6, 6.07) is 2.98. The van der Waals surface area contributed by atoms with Crippen LogP contribution in [0.15, 0.2) is 12.1 Å². The molecule has 1 aromatic heterocycles. The van der Waals surface area contributed by atoms with Crippen LogP contribution in [0.2, 0.25) is 0 Å². The van der Waals surface area contributed by atoms with Crippen molar-refractivity contribution in [2.24, 2.45) is 5.41 Å². The Labute approximate surface area is 171 Å². The maximum atomic E-state index is 13.0. The van der Waals surface area contributed by atoms with Gasteiger partial charge in [-0.05, 0) is 31.7 Å². The fourth-order valence-electron chi connectivity index (χ4n) is 3.79. The maximum absolute atomic E-state index is 13.0. The second kappa shape index (κ2) is 7.02. The highest BCUT2D eigenvalue weighted by molar-refractivity contribution is 7.92. The summed E-state index contributed by atoms with van der Waals surface area (Å²) >= 11 is 0. The molecule has 0 bridgehead atoms. The van der Waals surface area contributed by atoms with E-state index in [1.54, 1.807) is 6.92 Å². The zero-order valence-electron chi connectivity index (χ0n) is 17.2. The Kier molecular flexibility index (Phi) is 5.23. The van der Waals surface area contributed by atoms with Crippen LogP contribution in [-0.4, -0.2) is 45.2 Å². The van der Waals surface area contributed by atoms with Crippen molar-refractivity contribution in [2.45, 2.75) is 40.5 Å². The number of benzene rings is 1. The lowest BCUT2D eigenvalue weighted by Gasteiger charge is -2.29. The quantitative estimate of drug-likeness (QED) is 0.736. The van der Waals surface area contributed by atoms with Crippen molar-refractivity contribution in [2.75, 3.05) is 23.3 Å². The van der Waals surface area contributed by atoms with Crippen molar-refractivity contribution >= 4 is 42.4 Å². The third kappa shape index (κ3) is 3.75. The van der Waals surface area contributed by atoms with Crippen LogP contribution in [0, 0.1) is 5.41 Å². The molecular weight excluding hydrogens is 416 g/mol. The number of nitrogens with one attached hydrogen (secondary N) is 1. The number of hydrogen-bond acceptors (Lipinski definition) is 6. The van der Waals surface area contributed by atoms with Crippen LogP contribution in [0.4, 0.5) is 5.69 Å². The van der Waals surface area contributed by atoms with E-state index < -0.39 is 20.0 Å². The van der Waals surface area contributed by atoms with E-state index in [4.69, 9.17) is 4.74 Å². The Morgan fingerprint density at radius 2 is 1.76 bits per heavy atom. The summed E-state index contributed by atoms with van der Waals surface area (Å²) < 4.78 is 59.0. The van der Waals surface area contributed by atoms with E-state index in [9.17, 15) is 21.6 Å². The summed E-state index contributed by atoms with van der Waals surface area (Å²) in [5.74, 6) is -0.237. The number of rotatable bonds is 6. The van der Waals surface area contributed by atoms with Crippen molar-refractivity contribution in [1.82, 2.24) is 3.97 Å². The molecule has 160 valence electrons. The van der Waals surface area contributed by atoms with Gasteiger partial charge >= 0.3 is 0 Å². The van der Waals surface area contributed by atoms with E-state index in [1.165, 1.54) is 30.1 Å². The standard InChI is InChI=1S/C19H26N2O6S2/c1-6-28(23,24)20-13-8-12-14(9-17(13)27-5)21(29(25,26)7-2)15-10-19(3,4)11-16(22)18(12)15/h8-9,20H,6-7,10-11H2,1-5H3. The first-order chi connectivity index (χ1) is 13.4. The minimum Gasteiger partial charge on any atom is -0.494 e. The lowest BCUT2D eigenvalue weighted by Crippen LogP contribution is -2.30. The van der Waals surface area contributed by atoms with Gasteiger partial charge in [-0.15, -0.1) is 0 Å². The Balaban J connectivity index is 2.43. The summed E-state index contributed by atoms with van der Waals surface area (Å²) in [7, 11) is -5.92. The SMILES string of the molecule is CCS(=O)(=O)Nc1cc2c3c(n(S(=O)(=O)CC)c2cc1OC)CC(C)(C)CC3=O. The zero-order valence-corrected chi connectivity index (χ0v) is 18.8. The smallest absolute Gasteiger partial charge is 0.238 e. The highest BCUT2D eigenvalue weighted by Gasteiger charge is 2.38. The number of ether oxygens (including phenoxy) is 1. The minimum atomic E-state index is -3.70. The Morgan fingerprint density at radius 3 is 2.31 bits per heavy atom. The van der Waals surface area contributed by atoms with Crippen molar-refractivity contribution < 1.29 is 26.4 Å². The summed E-state index contributed by atoms with van der Waals surface area (Å²) in [4.78, 5) is 13.0. The number of methoxy groups -OCH3 is 1. The van der Waals surface area contributed by atoms with Gasteiger partial charge in [-0.1, -0.05) is 13.8 Å². The van der Waals surface area contributed by atoms with Crippen LogP contribution in [0.5, 0.6) is 5.75 Å². The molecule has 0 amide bonds. The molecule has 0 unspecified atom stereocenters. The molecule has 0 radical (unpaired) electrons. The first kappa shape index (κ1) is 21.6. The predicted molar refractivity (Wildman–Crippen MR) is 113 cm³/mol. The highest BCUT2D eigenvalue weighted by Crippen LogP contribution is 2.43. The second-order valence-electron chi connectivity index (χ2n) is 8.00. The van der Waals surface area contributed by atoms with E-state index in [0.29, 0.717) is 28.6 Å². The monoisotopic (exact) mass is 442 g/mol. The van der Waals surface area contributed by atoms with Gasteiger partial charge in [-0.25, -0.2) is 20.8 Å². The molecule has 1 aliphatic carbocycles. The molecular formula is C19H26N2O6S2. The second-order valence-corrected chi connectivity index (χ2v) is 12.1. The van der Waals surface area contributed by atoms with Gasteiger partial charge in [0, 0.05) is 29.1 Å². The predicted octanol–water partition coefficient (Wildman–Crippen LogP) is 2.76. The zero-order chi connectivity index (χ0) is 21.8. The number of aromatic nitrogens is 1. The largest absolute Gasteiger partial charge is 0.494 e. The number of carbonyl (C=O) groups excluding carboxylic acids is 1. The van der Waals surface area contributed by atoms with Crippen LogP contribution in [0.1, 0.15) is 50.2 Å². The molecule has 0 saturated heterocycles. The Hall–Kier alpha value is -2.07. The number of carbonyl (C=O) groups is 1. The van der Waals surface area contributed by atoms with Crippen LogP contribution >= 0.6 is 0 Å². The highest BCUT2D eigenvalue weighted by atomic mass is 32.2. The molecule has 0 aliphatic heterocycles. The topological polar surface area (TPSA) is 112 Å². The average Bonchev–Trinajstić information content (AvgIpc) is 2.93. The first-order valence-electron chi connectivity index (χ1n) is 9.38. The lowest BCUT2D eigenvalue weighted by atomic mass is 9.76. The van der Waals surface area contributed by atoms with Crippen molar-refractivity contribution in [1.29, 1.82) is 0 Å². The summed E-state index contributed by atoms with van der Waals surface area (Å²) in [6.45, 7) is 6.90. The molecule has 0 fully saturated rings. The van der Waals surface area contributed by atoms with Gasteiger partial charge in [0.05, 0.1) is 29.8 Å². The van der Waals surface area contributed by atoms with Crippen LogP contribution in [0.25, 0.3) is 10.9 Å². The number of anilines is 1. The molecule has 29 heavy (non-hydrogen) atoms. The molecule has 10 heteroatoms. The minimum absolute atomic E-state index is 0.134. The third-order valence-electron chi connectivity index (χ3n) is 5.19. The molecule has 1 aliphatic rings. The molecule has 0 saturated carbocycles. The summed E-state index contributed by atoms with van der Waals surface area (Å²) in [5, 5.41) is 0.409. The number of ketones is 1. The Morgan fingerprint density at radius 1 is 1.10 bits per heavy atom. The molecule has 0 atom stereocenters. The van der Waals surface area contributed by atoms with E-state index in [1.807, 2.05) is 13.8 Å². The van der Waals surface area contributed by atoms with Gasteiger partial charge in [-0.3, -0.25) is 9.52 Å². The van der Waals surface area contributed by atoms with Crippen LogP contribution in [-0.2, 0) is 26.5 Å². The fourth-order valence-corrected chi connectivity index (χ4v) is 5.62. The summed E-state index contributed by atoms with van der Waals surface area (Å²) in [6.07, 6.45) is 0.702. The molecule has 2 aromatic rings. The van der Waals surface area contributed by atoms with E-state index in [-0.39, 0.29) is 40.6 Å². The number of sulfonamides is 1. The third-order valence-corrected chi connectivity index (χ3v) is 8.19. The normalized spacial score (nSPS) is 16.7. The molecule has 0 spiro atoms. The Bertz CT molecular complexity index is 1210. The van der Waals surface area contributed by atoms with Crippen molar-refractivity contribution in [3.63, 3.8) is 0 Å². The first-order valence-corrected chi connectivity index (χ1v) is 12.6. The van der Waals surface area contributed by atoms with Crippen molar-refractivity contribution in [3.05, 3.63) is 23.4 Å². The lowest BCUT2D eigenvalue weighted by molar-refractivity contribution is 0.0913. The van der Waals surface area contributed by atoms with Crippen LogP contribution < -0.4 is 9.46 Å². The van der Waals surface area contributed by atoms with Gasteiger partial charge in [-0.2, -0.15) is 0 Å². The molecule has 3 rings (SSSR count). The van der Waals surface area contributed by atoms with Gasteiger partial charge in [0.1, 0.15) is 5.75 Å². The fraction of sp³-hybridized carbons (Fsp3) is 0.526. The average molecular weight is 443 g/mol. The van der Waals surface area contributed by atoms with Crippen molar-refractivity contribution in [3.8, 4) is 5.75 Å². The molecule has 8 nitrogen and oxygen atoms in total. The molecule has 1 aromatic carbocycles. The van der Waals surface area contributed by atoms with Gasteiger partial charge in [0.15, 0.2) is 5.78 Å². The van der Waals surface area contributed by atoms with Gasteiger partial charge in [0.2, 0.25) is 20.0 Å². The number of nitrogens with zero attached hydrogens (tertiary/aromatic N) is 1. The van der Waals surface area contributed by atoms with Crippen LogP contribution in [0.3, 0.4) is 0 Å². The molecule has 1 N–H and O–H groups in total. The summed E-state index contributed by atoms with van der Waals surface area (Å²) in [5.41, 5.74) is 0.903. The number of fused-ring (bicyclic) bond motifs is 3. The number of Topliss-reactive ketones (excluding diaryl/α,β-unsaturated/α-hetero) is 1. The van der Waals surface area contributed by atoms with E-state index in [0.717, 1.165) is 0 Å². The number of hydrogen-bond donors (Lipinski definition) is 1. The maximum Gasteiger partial charge on any atom is 0.238 e.